The molecule has 108 valence electrons. The quantitative estimate of drug-likeness (QED) is 0.730. The van der Waals surface area contributed by atoms with Crippen molar-refractivity contribution in [2.45, 2.75) is 10.1 Å². The van der Waals surface area contributed by atoms with E-state index in [1.54, 1.807) is 18.3 Å². The Morgan fingerprint density at radius 3 is 3.05 bits per heavy atom. The van der Waals surface area contributed by atoms with Crippen molar-refractivity contribution in [3.05, 3.63) is 46.6 Å². The predicted molar refractivity (Wildman–Crippen MR) is 79.1 cm³/mol. The van der Waals surface area contributed by atoms with Crippen LogP contribution >= 0.6 is 11.3 Å². The van der Waals surface area contributed by atoms with Gasteiger partial charge in [-0.1, -0.05) is 11.3 Å². The second-order valence-electron chi connectivity index (χ2n) is 4.08. The van der Waals surface area contributed by atoms with E-state index >= 15 is 0 Å². The van der Waals surface area contributed by atoms with E-state index in [1.165, 1.54) is 24.5 Å². The van der Waals surface area contributed by atoms with Crippen LogP contribution in [0.15, 0.2) is 44.0 Å². The summed E-state index contributed by atoms with van der Waals surface area (Å²) in [6.07, 6.45) is 1.66. The van der Waals surface area contributed by atoms with Crippen molar-refractivity contribution in [2.75, 3.05) is 7.11 Å². The Kier molecular flexibility index (Phi) is 3.80. The highest BCUT2D eigenvalue weighted by Gasteiger charge is 2.14. The molecule has 0 aliphatic heterocycles. The Hall–Kier alpha value is -2.06. The number of nitrogens with zero attached hydrogens (tertiary/aromatic N) is 2. The maximum Gasteiger partial charge on any atom is 0.339 e. The van der Waals surface area contributed by atoms with E-state index in [-0.39, 0.29) is 5.75 Å². The monoisotopic (exact) mass is 322 g/mol. The molecule has 0 saturated heterocycles. The summed E-state index contributed by atoms with van der Waals surface area (Å²) in [7, 11) is 0.0468. The van der Waals surface area contributed by atoms with E-state index in [4.69, 9.17) is 9.15 Å². The molecule has 0 fully saturated rings. The molecule has 6 nitrogen and oxygen atoms in total. The molecule has 0 spiro atoms. The summed E-state index contributed by atoms with van der Waals surface area (Å²) in [4.78, 5) is 20.5. The van der Waals surface area contributed by atoms with Gasteiger partial charge in [-0.3, -0.25) is 4.21 Å². The molecular formula is C13H10N2O4S2. The normalized spacial score (nSPS) is 12.4. The number of aromatic nitrogens is 2. The second-order valence-corrected chi connectivity index (χ2v) is 6.68. The third-order valence-corrected chi connectivity index (χ3v) is 5.25. The minimum absolute atomic E-state index is 0.0618. The number of hydrogen-bond donors (Lipinski definition) is 0. The van der Waals surface area contributed by atoms with Crippen LogP contribution in [0, 0.1) is 0 Å². The molecule has 0 amide bonds. The number of pyridine rings is 1. The largest absolute Gasteiger partial charge is 0.496 e. The Labute approximate surface area is 125 Å². The average Bonchev–Trinajstić information content (AvgIpc) is 2.90. The van der Waals surface area contributed by atoms with E-state index in [0.717, 1.165) is 4.83 Å². The van der Waals surface area contributed by atoms with Crippen LogP contribution < -0.4 is 10.4 Å². The van der Waals surface area contributed by atoms with Crippen LogP contribution in [0.5, 0.6) is 5.75 Å². The lowest BCUT2D eigenvalue weighted by molar-refractivity contribution is 0.396. The third-order valence-electron chi connectivity index (χ3n) is 2.65. The molecule has 0 aliphatic rings. The molecule has 1 unspecified atom stereocenters. The standard InChI is InChI=1S/C13H10N2O4S2/c1-18-8-5-9(19-11(16)6-8)7-21(17)13-15-10-3-2-4-14-12(10)20-13/h2-6H,7H2,1H3. The zero-order valence-corrected chi connectivity index (χ0v) is 12.6. The molecule has 0 bridgehead atoms. The number of hydrogen-bond acceptors (Lipinski definition) is 7. The van der Waals surface area contributed by atoms with Crippen molar-refractivity contribution in [1.82, 2.24) is 9.97 Å². The second kappa shape index (κ2) is 5.74. The van der Waals surface area contributed by atoms with Gasteiger partial charge in [0.15, 0.2) is 4.34 Å². The van der Waals surface area contributed by atoms with Gasteiger partial charge < -0.3 is 9.15 Å². The van der Waals surface area contributed by atoms with Crippen LogP contribution in [0.2, 0.25) is 0 Å². The number of thiazole rings is 1. The van der Waals surface area contributed by atoms with Gasteiger partial charge in [0, 0.05) is 12.3 Å². The fourth-order valence-electron chi connectivity index (χ4n) is 1.73. The Bertz CT molecular complexity index is 839. The van der Waals surface area contributed by atoms with E-state index in [0.29, 0.717) is 21.4 Å². The molecule has 3 aromatic heterocycles. The number of ether oxygens (including phenoxy) is 1. The van der Waals surface area contributed by atoms with Crippen molar-refractivity contribution in [3.63, 3.8) is 0 Å². The van der Waals surface area contributed by atoms with Gasteiger partial charge in [0.25, 0.3) is 0 Å². The minimum Gasteiger partial charge on any atom is -0.496 e. The minimum atomic E-state index is -1.41. The molecule has 1 atom stereocenters. The maximum absolute atomic E-state index is 12.3. The summed E-state index contributed by atoms with van der Waals surface area (Å²) >= 11 is 1.27. The van der Waals surface area contributed by atoms with Crippen molar-refractivity contribution >= 4 is 32.5 Å². The summed E-state index contributed by atoms with van der Waals surface area (Å²) < 4.78 is 22.8. The van der Waals surface area contributed by atoms with Crippen LogP contribution in [-0.2, 0) is 16.6 Å². The highest BCUT2D eigenvalue weighted by molar-refractivity contribution is 7.86. The van der Waals surface area contributed by atoms with Crippen molar-refractivity contribution in [3.8, 4) is 5.75 Å². The van der Waals surface area contributed by atoms with Crippen LogP contribution in [0.4, 0.5) is 0 Å². The van der Waals surface area contributed by atoms with Gasteiger partial charge in [-0.05, 0) is 12.1 Å². The van der Waals surface area contributed by atoms with Crippen molar-refractivity contribution in [1.29, 1.82) is 0 Å². The van der Waals surface area contributed by atoms with Crippen LogP contribution in [0.1, 0.15) is 5.76 Å². The van der Waals surface area contributed by atoms with Gasteiger partial charge in [0.2, 0.25) is 0 Å². The lowest BCUT2D eigenvalue weighted by atomic mass is 10.4. The maximum atomic E-state index is 12.3. The van der Waals surface area contributed by atoms with Crippen LogP contribution in [0.3, 0.4) is 0 Å². The third kappa shape index (κ3) is 3.01. The van der Waals surface area contributed by atoms with Crippen molar-refractivity contribution < 1.29 is 13.4 Å². The van der Waals surface area contributed by atoms with E-state index in [2.05, 4.69) is 9.97 Å². The topological polar surface area (TPSA) is 82.3 Å². The van der Waals surface area contributed by atoms with Gasteiger partial charge in [0.1, 0.15) is 21.9 Å². The smallest absolute Gasteiger partial charge is 0.339 e. The van der Waals surface area contributed by atoms with Crippen LogP contribution in [0.25, 0.3) is 10.3 Å². The zero-order valence-electron chi connectivity index (χ0n) is 10.9. The molecule has 8 heteroatoms. The first-order valence-corrected chi connectivity index (χ1v) is 8.07. The molecule has 3 rings (SSSR count). The predicted octanol–water partition coefficient (Wildman–Crippen LogP) is 1.96. The molecule has 0 aliphatic carbocycles. The Morgan fingerprint density at radius 2 is 2.29 bits per heavy atom. The molecule has 0 radical (unpaired) electrons. The Morgan fingerprint density at radius 1 is 1.43 bits per heavy atom. The summed E-state index contributed by atoms with van der Waals surface area (Å²) in [6, 6.07) is 6.36. The average molecular weight is 322 g/mol. The lowest BCUT2D eigenvalue weighted by Crippen LogP contribution is -2.04. The SMILES string of the molecule is COc1cc(CS(=O)c2nc3cccnc3s2)oc(=O)c1. The van der Waals surface area contributed by atoms with Gasteiger partial charge in [-0.25, -0.2) is 14.8 Å². The first-order valence-electron chi connectivity index (χ1n) is 5.94. The number of fused-ring (bicyclic) bond motifs is 1. The Balaban J connectivity index is 1.89. The summed E-state index contributed by atoms with van der Waals surface area (Å²) in [5.41, 5.74) is 0.172. The van der Waals surface area contributed by atoms with Gasteiger partial charge in [0.05, 0.1) is 29.7 Å². The van der Waals surface area contributed by atoms with E-state index in [1.807, 2.05) is 6.07 Å². The lowest BCUT2D eigenvalue weighted by Gasteiger charge is -2.01. The molecule has 3 aromatic rings. The highest BCUT2D eigenvalue weighted by atomic mass is 32.2. The van der Waals surface area contributed by atoms with E-state index in [9.17, 15) is 9.00 Å². The fourth-order valence-corrected chi connectivity index (χ4v) is 3.88. The molecule has 3 heterocycles. The van der Waals surface area contributed by atoms with Gasteiger partial charge >= 0.3 is 5.63 Å². The first-order chi connectivity index (χ1) is 10.2. The number of methoxy groups -OCH3 is 1. The van der Waals surface area contributed by atoms with Crippen LogP contribution in [-0.4, -0.2) is 21.3 Å². The highest BCUT2D eigenvalue weighted by Crippen LogP contribution is 2.24. The molecule has 0 aromatic carbocycles. The van der Waals surface area contributed by atoms with Crippen molar-refractivity contribution in [2.24, 2.45) is 0 Å². The summed E-state index contributed by atoms with van der Waals surface area (Å²) in [5.74, 6) is 0.737. The summed E-state index contributed by atoms with van der Waals surface area (Å²) in [5, 5.41) is 0. The van der Waals surface area contributed by atoms with Gasteiger partial charge in [-0.2, -0.15) is 0 Å². The first kappa shape index (κ1) is 13.9. The molecule has 0 saturated carbocycles. The zero-order chi connectivity index (χ0) is 14.8. The van der Waals surface area contributed by atoms with Gasteiger partial charge in [-0.15, -0.1) is 0 Å². The number of rotatable bonds is 4. The fraction of sp³-hybridized carbons (Fsp3) is 0.154. The molecule has 21 heavy (non-hydrogen) atoms. The summed E-state index contributed by atoms with van der Waals surface area (Å²) in [6.45, 7) is 0. The molecular weight excluding hydrogens is 312 g/mol. The van der Waals surface area contributed by atoms with E-state index < -0.39 is 16.4 Å². The molecule has 0 N–H and O–H groups in total.